The number of hydrogen-bond donors (Lipinski definition) is 3. The lowest BCUT2D eigenvalue weighted by atomic mass is 10.2. The fraction of sp³-hybridized carbons (Fsp3) is 0.438. The third-order valence-electron chi connectivity index (χ3n) is 3.58. The summed E-state index contributed by atoms with van der Waals surface area (Å²) < 4.78 is 0. The number of para-hydroxylation sites is 2. The van der Waals surface area contributed by atoms with Crippen LogP contribution in [0.15, 0.2) is 24.3 Å². The highest BCUT2D eigenvalue weighted by Crippen LogP contribution is 2.28. The Morgan fingerprint density at radius 1 is 1.35 bits per heavy atom. The fourth-order valence-corrected chi connectivity index (χ4v) is 2.28. The van der Waals surface area contributed by atoms with Crippen molar-refractivity contribution < 1.29 is 14.4 Å². The summed E-state index contributed by atoms with van der Waals surface area (Å²) in [6.45, 7) is 4.17. The summed E-state index contributed by atoms with van der Waals surface area (Å²) in [4.78, 5) is 37.4. The van der Waals surface area contributed by atoms with Gasteiger partial charge in [-0.05, 0) is 25.5 Å². The molecular weight excluding hydrogens is 296 g/mol. The first kappa shape index (κ1) is 16.8. The van der Waals surface area contributed by atoms with Gasteiger partial charge in [-0.25, -0.2) is 4.79 Å². The van der Waals surface area contributed by atoms with Crippen LogP contribution >= 0.6 is 0 Å². The lowest BCUT2D eigenvalue weighted by Gasteiger charge is -2.30. The minimum absolute atomic E-state index is 0.0764. The summed E-state index contributed by atoms with van der Waals surface area (Å²) in [6.07, 6.45) is 1.88. The van der Waals surface area contributed by atoms with Gasteiger partial charge < -0.3 is 16.0 Å². The van der Waals surface area contributed by atoms with Gasteiger partial charge in [0.25, 0.3) is 0 Å². The van der Waals surface area contributed by atoms with E-state index in [4.69, 9.17) is 0 Å². The van der Waals surface area contributed by atoms with E-state index in [1.165, 1.54) is 4.90 Å². The molecule has 0 radical (unpaired) electrons. The highest BCUT2D eigenvalue weighted by atomic mass is 16.2. The van der Waals surface area contributed by atoms with Crippen LogP contribution in [0.1, 0.15) is 26.7 Å². The number of nitrogens with zero attached hydrogens (tertiary/aromatic N) is 1. The predicted octanol–water partition coefficient (Wildman–Crippen LogP) is 1.46. The van der Waals surface area contributed by atoms with Crippen molar-refractivity contribution in [3.8, 4) is 0 Å². The molecular formula is C16H22N4O3. The van der Waals surface area contributed by atoms with E-state index in [9.17, 15) is 14.4 Å². The van der Waals surface area contributed by atoms with Gasteiger partial charge in [-0.15, -0.1) is 0 Å². The predicted molar refractivity (Wildman–Crippen MR) is 88.3 cm³/mol. The largest absolute Gasteiger partial charge is 0.354 e. The third-order valence-corrected chi connectivity index (χ3v) is 3.58. The number of rotatable bonds is 5. The van der Waals surface area contributed by atoms with E-state index < -0.39 is 12.1 Å². The van der Waals surface area contributed by atoms with Crippen molar-refractivity contribution in [3.63, 3.8) is 0 Å². The summed E-state index contributed by atoms with van der Waals surface area (Å²) in [6, 6.07) is 5.91. The van der Waals surface area contributed by atoms with Crippen molar-refractivity contribution in [1.82, 2.24) is 10.6 Å². The summed E-state index contributed by atoms with van der Waals surface area (Å²) in [5, 5.41) is 8.12. The van der Waals surface area contributed by atoms with E-state index in [-0.39, 0.29) is 18.4 Å². The van der Waals surface area contributed by atoms with Crippen LogP contribution in [-0.2, 0) is 9.59 Å². The number of amides is 4. The van der Waals surface area contributed by atoms with Gasteiger partial charge in [-0.1, -0.05) is 25.5 Å². The van der Waals surface area contributed by atoms with Crippen LogP contribution in [0.5, 0.6) is 0 Å². The monoisotopic (exact) mass is 318 g/mol. The van der Waals surface area contributed by atoms with E-state index in [2.05, 4.69) is 16.0 Å². The molecule has 1 unspecified atom stereocenters. The molecule has 0 spiro atoms. The normalized spacial score (nSPS) is 14.5. The van der Waals surface area contributed by atoms with Crippen LogP contribution < -0.4 is 20.9 Å². The number of nitrogens with one attached hydrogen (secondary N) is 3. The van der Waals surface area contributed by atoms with Crippen molar-refractivity contribution >= 4 is 29.2 Å². The Hall–Kier alpha value is -2.57. The van der Waals surface area contributed by atoms with Crippen LogP contribution in [0.2, 0.25) is 0 Å². The fourth-order valence-electron chi connectivity index (χ4n) is 2.28. The smallest absolute Gasteiger partial charge is 0.323 e. The van der Waals surface area contributed by atoms with Gasteiger partial charge in [0.2, 0.25) is 11.8 Å². The number of unbranched alkanes of at least 4 members (excludes halogenated alkanes) is 1. The van der Waals surface area contributed by atoms with Gasteiger partial charge in [-0.2, -0.15) is 0 Å². The number of anilines is 2. The molecule has 1 aromatic carbocycles. The topological polar surface area (TPSA) is 90.5 Å². The Kier molecular flexibility index (Phi) is 5.56. The Morgan fingerprint density at radius 3 is 2.83 bits per heavy atom. The quantitative estimate of drug-likeness (QED) is 0.718. The summed E-state index contributed by atoms with van der Waals surface area (Å²) in [5.41, 5.74) is 1.20. The van der Waals surface area contributed by atoms with Crippen LogP contribution in [0.3, 0.4) is 0 Å². The van der Waals surface area contributed by atoms with E-state index in [0.717, 1.165) is 12.8 Å². The molecule has 1 aliphatic heterocycles. The molecule has 124 valence electrons. The standard InChI is InChI=1S/C16H22N4O3/c1-3-4-9-17-15(22)11(2)18-16(23)20-10-14(21)19-12-7-5-6-8-13(12)20/h5-8,11H,3-4,9-10H2,1-2H3,(H,17,22)(H,18,23)(H,19,21). The van der Waals surface area contributed by atoms with Gasteiger partial charge >= 0.3 is 6.03 Å². The zero-order valence-electron chi connectivity index (χ0n) is 13.4. The number of fused-ring (bicyclic) bond motifs is 1. The Bertz CT molecular complexity index is 603. The molecule has 0 bridgehead atoms. The number of urea groups is 1. The second-order valence-electron chi connectivity index (χ2n) is 5.47. The number of benzene rings is 1. The summed E-state index contributed by atoms with van der Waals surface area (Å²) in [7, 11) is 0. The first-order chi connectivity index (χ1) is 11.0. The zero-order valence-corrected chi connectivity index (χ0v) is 13.4. The molecule has 0 saturated carbocycles. The molecule has 0 fully saturated rings. The molecule has 3 N–H and O–H groups in total. The van der Waals surface area contributed by atoms with Crippen LogP contribution in [0, 0.1) is 0 Å². The first-order valence-corrected chi connectivity index (χ1v) is 7.77. The molecule has 7 heteroatoms. The number of carbonyl (C=O) groups is 3. The molecule has 1 aliphatic rings. The van der Waals surface area contributed by atoms with Gasteiger partial charge in [0.1, 0.15) is 12.6 Å². The second-order valence-corrected chi connectivity index (χ2v) is 5.47. The minimum atomic E-state index is -0.670. The van der Waals surface area contributed by atoms with Crippen molar-refractivity contribution in [2.75, 3.05) is 23.3 Å². The van der Waals surface area contributed by atoms with E-state index in [1.54, 1.807) is 31.2 Å². The third kappa shape index (κ3) is 4.21. The lowest BCUT2D eigenvalue weighted by Crippen LogP contribution is -2.53. The molecule has 1 heterocycles. The average Bonchev–Trinajstić information content (AvgIpc) is 2.53. The van der Waals surface area contributed by atoms with Gasteiger partial charge in [0.05, 0.1) is 11.4 Å². The van der Waals surface area contributed by atoms with Crippen molar-refractivity contribution in [2.24, 2.45) is 0 Å². The Labute approximate surface area is 135 Å². The number of hydrogen-bond acceptors (Lipinski definition) is 3. The van der Waals surface area contributed by atoms with Gasteiger partial charge in [0, 0.05) is 6.54 Å². The molecule has 1 atom stereocenters. The maximum atomic E-state index is 12.4. The number of carbonyl (C=O) groups excluding carboxylic acids is 3. The van der Waals surface area contributed by atoms with E-state index >= 15 is 0 Å². The van der Waals surface area contributed by atoms with Gasteiger partial charge in [-0.3, -0.25) is 14.5 Å². The molecule has 2 rings (SSSR count). The molecule has 1 aromatic rings. The molecule has 23 heavy (non-hydrogen) atoms. The maximum Gasteiger partial charge on any atom is 0.323 e. The zero-order chi connectivity index (χ0) is 16.8. The van der Waals surface area contributed by atoms with Crippen LogP contribution in [-0.4, -0.2) is 37.0 Å². The highest BCUT2D eigenvalue weighted by molar-refractivity contribution is 6.09. The van der Waals surface area contributed by atoms with Gasteiger partial charge in [0.15, 0.2) is 0 Å². The summed E-state index contributed by atoms with van der Waals surface area (Å²) in [5.74, 6) is -0.500. The molecule has 7 nitrogen and oxygen atoms in total. The van der Waals surface area contributed by atoms with Crippen molar-refractivity contribution in [2.45, 2.75) is 32.7 Å². The maximum absolute atomic E-state index is 12.4. The molecule has 0 aliphatic carbocycles. The van der Waals surface area contributed by atoms with Crippen LogP contribution in [0.25, 0.3) is 0 Å². The van der Waals surface area contributed by atoms with E-state index in [0.29, 0.717) is 17.9 Å². The Morgan fingerprint density at radius 2 is 2.09 bits per heavy atom. The molecule has 0 saturated heterocycles. The first-order valence-electron chi connectivity index (χ1n) is 7.77. The average molecular weight is 318 g/mol. The van der Waals surface area contributed by atoms with Crippen molar-refractivity contribution in [1.29, 1.82) is 0 Å². The molecule has 0 aromatic heterocycles. The summed E-state index contributed by atoms with van der Waals surface area (Å²) >= 11 is 0. The van der Waals surface area contributed by atoms with Crippen molar-refractivity contribution in [3.05, 3.63) is 24.3 Å². The lowest BCUT2D eigenvalue weighted by molar-refractivity contribution is -0.122. The highest BCUT2D eigenvalue weighted by Gasteiger charge is 2.28. The SMILES string of the molecule is CCCCNC(=O)C(C)NC(=O)N1CC(=O)Nc2ccccc21. The van der Waals surface area contributed by atoms with E-state index in [1.807, 2.05) is 6.92 Å². The second kappa shape index (κ2) is 7.62. The minimum Gasteiger partial charge on any atom is -0.354 e. The molecule has 4 amide bonds. The Balaban J connectivity index is 2.00. The van der Waals surface area contributed by atoms with Crippen LogP contribution in [0.4, 0.5) is 16.2 Å².